The molecule has 4 heteroatoms. The van der Waals surface area contributed by atoms with Gasteiger partial charge in [0.2, 0.25) is 0 Å². The van der Waals surface area contributed by atoms with Crippen molar-refractivity contribution >= 4 is 22.6 Å². The van der Waals surface area contributed by atoms with Crippen molar-refractivity contribution in [2.75, 3.05) is 0 Å². The molecule has 0 fully saturated rings. The number of hydrogen-bond donors (Lipinski definition) is 1. The number of aryl methyl sites for hydroxylation is 2. The van der Waals surface area contributed by atoms with Gasteiger partial charge in [0, 0.05) is 0 Å². The van der Waals surface area contributed by atoms with E-state index in [9.17, 15) is 9.90 Å². The van der Waals surface area contributed by atoms with Crippen molar-refractivity contribution in [1.82, 2.24) is 0 Å². The van der Waals surface area contributed by atoms with Gasteiger partial charge in [0.05, 0.1) is 5.56 Å². The molecular formula is C9H9AlO3. The summed E-state index contributed by atoms with van der Waals surface area (Å²) in [6.45, 7) is 3.59. The quantitative estimate of drug-likeness (QED) is 0.681. The molecule has 1 aromatic rings. The van der Waals surface area contributed by atoms with Crippen LogP contribution in [-0.4, -0.2) is 27.7 Å². The van der Waals surface area contributed by atoms with Gasteiger partial charge in [-0.25, -0.2) is 4.79 Å². The summed E-state index contributed by atoms with van der Waals surface area (Å²) in [5.41, 5.74) is 1.79. The molecule has 0 heterocycles. The standard InChI is InChI=1S/C9H10O3.Al/c1-5-3-6(2)8(10)7(4-5)9(11)12;/h3-4,10H,1-2H3,(H,11,12);/q;+1/p-1. The molecule has 1 rings (SSSR count). The molecule has 0 aliphatic carbocycles. The van der Waals surface area contributed by atoms with E-state index in [0.29, 0.717) is 5.56 Å². The Morgan fingerprint density at radius 2 is 2.08 bits per heavy atom. The molecule has 3 nitrogen and oxygen atoms in total. The molecule has 0 aliphatic heterocycles. The monoisotopic (exact) mass is 192 g/mol. The van der Waals surface area contributed by atoms with E-state index < -0.39 is 5.97 Å². The molecule has 1 aromatic carbocycles. The third kappa shape index (κ3) is 2.03. The van der Waals surface area contributed by atoms with Crippen molar-refractivity contribution in [2.45, 2.75) is 13.8 Å². The Labute approximate surface area is 85.1 Å². The highest BCUT2D eigenvalue weighted by atomic mass is 27.1. The molecule has 0 spiro atoms. The van der Waals surface area contributed by atoms with E-state index in [-0.39, 0.29) is 11.3 Å². The third-order valence-electron chi connectivity index (χ3n) is 1.77. The number of hydrogen-bond acceptors (Lipinski definition) is 3. The molecule has 0 atom stereocenters. The maximum Gasteiger partial charge on any atom is 0.485 e. The first-order valence-corrected chi connectivity index (χ1v) is 4.24. The van der Waals surface area contributed by atoms with Crippen LogP contribution < -0.4 is 0 Å². The fourth-order valence-corrected chi connectivity index (χ4v) is 1.31. The van der Waals surface area contributed by atoms with Gasteiger partial charge < -0.3 is 8.90 Å². The van der Waals surface area contributed by atoms with Crippen LogP contribution in [0.1, 0.15) is 21.5 Å². The van der Waals surface area contributed by atoms with E-state index >= 15 is 0 Å². The lowest BCUT2D eigenvalue weighted by atomic mass is 10.1. The molecular weight excluding hydrogens is 183 g/mol. The Hall–Kier alpha value is -0.978. The summed E-state index contributed by atoms with van der Waals surface area (Å²) >= 11 is 1.86. The van der Waals surface area contributed by atoms with Crippen molar-refractivity contribution in [3.63, 3.8) is 0 Å². The summed E-state index contributed by atoms with van der Waals surface area (Å²) in [5, 5.41) is 9.51. The number of benzene rings is 1. The van der Waals surface area contributed by atoms with Crippen LogP contribution in [0.5, 0.6) is 5.75 Å². The zero-order chi connectivity index (χ0) is 10.0. The maximum atomic E-state index is 11.1. The summed E-state index contributed by atoms with van der Waals surface area (Å²) in [6.07, 6.45) is 0. The molecule has 1 N–H and O–H groups in total. The van der Waals surface area contributed by atoms with Gasteiger partial charge in [-0.15, -0.1) is 0 Å². The molecule has 0 bridgehead atoms. The van der Waals surface area contributed by atoms with Gasteiger partial charge in [-0.05, 0) is 31.0 Å². The molecule has 0 unspecified atom stereocenters. The first-order chi connectivity index (χ1) is 6.06. The van der Waals surface area contributed by atoms with Crippen LogP contribution in [0, 0.1) is 13.8 Å². The van der Waals surface area contributed by atoms with Gasteiger partial charge in [-0.2, -0.15) is 0 Å². The highest BCUT2D eigenvalue weighted by Crippen LogP contribution is 2.23. The maximum absolute atomic E-state index is 11.1. The highest BCUT2D eigenvalue weighted by molar-refractivity contribution is 6.10. The average molecular weight is 192 g/mol. The Morgan fingerprint density at radius 1 is 1.46 bits per heavy atom. The van der Waals surface area contributed by atoms with Gasteiger partial charge in [0.1, 0.15) is 5.75 Å². The first-order valence-electron chi connectivity index (χ1n) is 3.77. The summed E-state index contributed by atoms with van der Waals surface area (Å²) in [7, 11) is 0. The first kappa shape index (κ1) is 10.1. The fraction of sp³-hybridized carbons (Fsp3) is 0.222. The molecule has 0 aliphatic rings. The van der Waals surface area contributed by atoms with E-state index in [1.165, 1.54) is 0 Å². The van der Waals surface area contributed by atoms with Crippen molar-refractivity contribution < 1.29 is 13.7 Å². The number of phenolic OH excluding ortho intramolecular Hbond substituents is 1. The van der Waals surface area contributed by atoms with E-state index in [0.717, 1.165) is 5.56 Å². The molecule has 0 saturated carbocycles. The topological polar surface area (TPSA) is 46.5 Å². The normalized spacial score (nSPS) is 9.69. The van der Waals surface area contributed by atoms with Crippen LogP contribution in [0.15, 0.2) is 12.1 Å². The minimum absolute atomic E-state index is 0.0157. The number of carbonyl (C=O) groups is 1. The Kier molecular flexibility index (Phi) is 2.97. The van der Waals surface area contributed by atoms with Crippen molar-refractivity contribution in [3.05, 3.63) is 28.8 Å². The number of rotatable bonds is 1. The molecule has 2 radical (unpaired) electrons. The SMILES string of the molecule is Cc1cc(C)c(O)c(C(=O)[O][Al])c1. The van der Waals surface area contributed by atoms with Gasteiger partial charge in [-0.1, -0.05) is 6.07 Å². The second kappa shape index (κ2) is 3.82. The Morgan fingerprint density at radius 3 is 2.62 bits per heavy atom. The van der Waals surface area contributed by atoms with Crippen LogP contribution in [0.2, 0.25) is 0 Å². The number of aromatic hydroxyl groups is 1. The lowest BCUT2D eigenvalue weighted by molar-refractivity contribution is 0.0746. The summed E-state index contributed by atoms with van der Waals surface area (Å²) < 4.78 is 4.44. The van der Waals surface area contributed by atoms with Crippen LogP contribution in [0.3, 0.4) is 0 Å². The lowest BCUT2D eigenvalue weighted by Crippen LogP contribution is -2.03. The van der Waals surface area contributed by atoms with Gasteiger partial charge in [0.25, 0.3) is 0 Å². The van der Waals surface area contributed by atoms with Crippen LogP contribution in [0.25, 0.3) is 0 Å². The lowest BCUT2D eigenvalue weighted by Gasteiger charge is -2.07. The smallest absolute Gasteiger partial charge is 0.485 e. The van der Waals surface area contributed by atoms with Crippen LogP contribution >= 0.6 is 0 Å². The molecule has 66 valence electrons. The predicted octanol–water partition coefficient (Wildman–Crippen LogP) is 1.25. The molecule has 0 amide bonds. The predicted molar refractivity (Wildman–Crippen MR) is 48.8 cm³/mol. The van der Waals surface area contributed by atoms with Gasteiger partial charge >= 0.3 is 22.6 Å². The Balaban J connectivity index is 3.28. The van der Waals surface area contributed by atoms with Crippen LogP contribution in [0.4, 0.5) is 0 Å². The summed E-state index contributed by atoms with van der Waals surface area (Å²) in [5.74, 6) is -0.563. The minimum Gasteiger partial charge on any atom is -0.624 e. The van der Waals surface area contributed by atoms with E-state index in [1.54, 1.807) is 19.1 Å². The Bertz CT molecular complexity index is 347. The number of phenols is 1. The summed E-state index contributed by atoms with van der Waals surface area (Å²) in [6, 6.07) is 3.39. The highest BCUT2D eigenvalue weighted by Gasteiger charge is 2.12. The molecule has 0 saturated heterocycles. The fourth-order valence-electron chi connectivity index (χ4n) is 1.18. The molecule has 0 aromatic heterocycles. The summed E-state index contributed by atoms with van der Waals surface area (Å²) in [4.78, 5) is 11.1. The average Bonchev–Trinajstić information content (AvgIpc) is 2.10. The minimum atomic E-state index is -0.547. The second-order valence-corrected chi connectivity index (χ2v) is 3.12. The van der Waals surface area contributed by atoms with E-state index in [1.807, 2.05) is 23.5 Å². The number of carbonyl (C=O) groups excluding carboxylic acids is 1. The second-order valence-electron chi connectivity index (χ2n) is 2.88. The zero-order valence-corrected chi connectivity index (χ0v) is 8.65. The third-order valence-corrected chi connectivity index (χ3v) is 1.99. The van der Waals surface area contributed by atoms with Crippen molar-refractivity contribution in [2.24, 2.45) is 0 Å². The van der Waals surface area contributed by atoms with E-state index in [4.69, 9.17) is 0 Å². The van der Waals surface area contributed by atoms with Gasteiger partial charge in [0.15, 0.2) is 0 Å². The zero-order valence-electron chi connectivity index (χ0n) is 7.50. The van der Waals surface area contributed by atoms with Crippen molar-refractivity contribution in [3.8, 4) is 5.75 Å². The largest absolute Gasteiger partial charge is 0.624 e. The van der Waals surface area contributed by atoms with E-state index in [2.05, 4.69) is 3.79 Å². The van der Waals surface area contributed by atoms with Crippen LogP contribution in [-0.2, 0) is 3.79 Å². The van der Waals surface area contributed by atoms with Crippen molar-refractivity contribution in [1.29, 1.82) is 0 Å². The van der Waals surface area contributed by atoms with Gasteiger partial charge in [-0.3, -0.25) is 0 Å². The molecule has 13 heavy (non-hydrogen) atoms.